The minimum atomic E-state index is 0.660. The fourth-order valence-corrected chi connectivity index (χ4v) is 3.50. The van der Waals surface area contributed by atoms with Crippen molar-refractivity contribution in [3.63, 3.8) is 0 Å². The van der Waals surface area contributed by atoms with Crippen LogP contribution in [-0.2, 0) is 13.0 Å². The largest absolute Gasteiger partial charge is 0.478 e. The molecule has 0 fully saturated rings. The number of nitrogens with zero attached hydrogens (tertiary/aromatic N) is 1. The van der Waals surface area contributed by atoms with Crippen LogP contribution in [0.1, 0.15) is 62.5 Å². The zero-order chi connectivity index (χ0) is 19.9. The molecule has 154 valence electrons. The number of fused-ring (bicyclic) bond motifs is 1. The van der Waals surface area contributed by atoms with Gasteiger partial charge in [0.05, 0.1) is 0 Å². The van der Waals surface area contributed by atoms with Gasteiger partial charge in [0.15, 0.2) is 0 Å². The highest BCUT2D eigenvalue weighted by Crippen LogP contribution is 2.26. The predicted octanol–water partition coefficient (Wildman–Crippen LogP) is 5.76. The van der Waals surface area contributed by atoms with Crippen LogP contribution < -0.4 is 10.5 Å². The fraction of sp³-hybridized carbons (Fsp3) is 0.520. The topological polar surface area (TPSA) is 38.5 Å². The van der Waals surface area contributed by atoms with Crippen molar-refractivity contribution in [2.45, 2.75) is 64.3 Å². The second-order valence-corrected chi connectivity index (χ2v) is 7.57. The molecule has 1 aliphatic heterocycles. The molecule has 1 aliphatic rings. The Bertz CT molecular complexity index is 621. The molecule has 0 saturated heterocycles. The Balaban J connectivity index is 1.52. The molecule has 2 rings (SSSR count). The molecule has 28 heavy (non-hydrogen) atoms. The van der Waals surface area contributed by atoms with Crippen molar-refractivity contribution in [1.29, 1.82) is 0 Å². The lowest BCUT2D eigenvalue weighted by Crippen LogP contribution is -2.35. The molecule has 0 spiro atoms. The van der Waals surface area contributed by atoms with Crippen LogP contribution in [0.4, 0.5) is 0 Å². The molecule has 0 aliphatic carbocycles. The Hall–Kier alpha value is -1.84. The molecule has 1 aromatic rings. The average Bonchev–Trinajstić information content (AvgIpc) is 2.71. The van der Waals surface area contributed by atoms with E-state index < -0.39 is 0 Å². The maximum absolute atomic E-state index is 5.90. The van der Waals surface area contributed by atoms with Crippen molar-refractivity contribution in [3.8, 4) is 5.75 Å². The minimum absolute atomic E-state index is 0.660. The van der Waals surface area contributed by atoms with Gasteiger partial charge in [-0.1, -0.05) is 61.8 Å². The van der Waals surface area contributed by atoms with Gasteiger partial charge in [-0.2, -0.15) is 0 Å². The molecule has 0 aromatic heterocycles. The van der Waals surface area contributed by atoms with E-state index in [2.05, 4.69) is 54.0 Å². The zero-order valence-corrected chi connectivity index (χ0v) is 17.5. The predicted molar refractivity (Wildman–Crippen MR) is 121 cm³/mol. The molecule has 0 atom stereocenters. The molecule has 1 heterocycles. The van der Waals surface area contributed by atoms with Gasteiger partial charge in [-0.15, -0.1) is 6.58 Å². The number of nitrogens with two attached hydrogens (primary N) is 1. The van der Waals surface area contributed by atoms with E-state index in [9.17, 15) is 0 Å². The van der Waals surface area contributed by atoms with Gasteiger partial charge in [0.25, 0.3) is 0 Å². The summed E-state index contributed by atoms with van der Waals surface area (Å²) in [6.45, 7) is 6.90. The van der Waals surface area contributed by atoms with E-state index in [1.165, 1.54) is 49.7 Å². The third-order valence-corrected chi connectivity index (χ3v) is 5.12. The Morgan fingerprint density at radius 1 is 1.00 bits per heavy atom. The Labute approximate surface area is 172 Å². The quantitative estimate of drug-likeness (QED) is 0.328. The second-order valence-electron chi connectivity index (χ2n) is 7.57. The summed E-state index contributed by atoms with van der Waals surface area (Å²) in [6, 6.07) is 6.73. The third-order valence-electron chi connectivity index (χ3n) is 5.12. The average molecular weight is 383 g/mol. The molecular weight excluding hydrogens is 344 g/mol. The number of ether oxygens (including phenoxy) is 1. The molecule has 0 bridgehead atoms. The normalized spacial score (nSPS) is 14.5. The monoisotopic (exact) mass is 382 g/mol. The van der Waals surface area contributed by atoms with Gasteiger partial charge >= 0.3 is 0 Å². The summed E-state index contributed by atoms with van der Waals surface area (Å²) in [5, 5.41) is 0. The number of unbranched alkanes of at least 4 members (excludes halogenated alkanes) is 5. The highest BCUT2D eigenvalue weighted by atomic mass is 16.5. The minimum Gasteiger partial charge on any atom is -0.478 e. The van der Waals surface area contributed by atoms with Gasteiger partial charge in [0.2, 0.25) is 0 Å². The van der Waals surface area contributed by atoms with Crippen LogP contribution in [0, 0.1) is 0 Å². The number of hydrogen-bond donors (Lipinski definition) is 1. The van der Waals surface area contributed by atoms with E-state index in [-0.39, 0.29) is 0 Å². The van der Waals surface area contributed by atoms with Crippen LogP contribution in [0.5, 0.6) is 5.75 Å². The number of aryl methyl sites for hydroxylation is 1. The summed E-state index contributed by atoms with van der Waals surface area (Å²) in [4.78, 5) is 2.25. The summed E-state index contributed by atoms with van der Waals surface area (Å²) < 4.78 is 5.90. The lowest BCUT2D eigenvalue weighted by atomic mass is 10.0. The summed E-state index contributed by atoms with van der Waals surface area (Å²) in [5.41, 5.74) is 8.32. The van der Waals surface area contributed by atoms with Crippen molar-refractivity contribution in [1.82, 2.24) is 4.90 Å². The molecule has 0 radical (unpaired) electrons. The lowest BCUT2D eigenvalue weighted by Gasteiger charge is -2.28. The molecule has 3 heteroatoms. The Kier molecular flexibility index (Phi) is 11.4. The lowest BCUT2D eigenvalue weighted by molar-refractivity contribution is 0.0983. The Morgan fingerprint density at radius 3 is 2.64 bits per heavy atom. The molecule has 1 aromatic carbocycles. The standard InChI is InChI=1S/C25H38N2O/c1-2-3-4-5-6-7-8-9-10-11-12-13-14-15-23-16-17-24-21-27(19-18-26)22-28-25(24)20-23/h2,4-5,7-8,16-17,20H,1,3,6,9-15,18-19,21-22,26H2/b5-4+,8-7+. The van der Waals surface area contributed by atoms with Crippen LogP contribution in [0.3, 0.4) is 0 Å². The van der Waals surface area contributed by atoms with E-state index in [1.807, 2.05) is 6.08 Å². The first-order valence-corrected chi connectivity index (χ1v) is 10.9. The number of rotatable bonds is 14. The van der Waals surface area contributed by atoms with Crippen molar-refractivity contribution < 1.29 is 4.74 Å². The van der Waals surface area contributed by atoms with E-state index >= 15 is 0 Å². The smallest absolute Gasteiger partial charge is 0.142 e. The van der Waals surface area contributed by atoms with Crippen molar-refractivity contribution in [3.05, 3.63) is 66.3 Å². The summed E-state index contributed by atoms with van der Waals surface area (Å²) in [5.74, 6) is 1.07. The van der Waals surface area contributed by atoms with Gasteiger partial charge in [-0.3, -0.25) is 4.90 Å². The zero-order valence-electron chi connectivity index (χ0n) is 17.5. The summed E-state index contributed by atoms with van der Waals surface area (Å²) >= 11 is 0. The van der Waals surface area contributed by atoms with Gasteiger partial charge in [0.1, 0.15) is 12.5 Å². The highest BCUT2D eigenvalue weighted by Gasteiger charge is 2.16. The first-order chi connectivity index (χ1) is 13.8. The SMILES string of the molecule is C=CC/C=C/C/C=C/CCCCCCCc1ccc2c(c1)OCN(CCN)C2. The summed E-state index contributed by atoms with van der Waals surface area (Å²) in [7, 11) is 0. The molecule has 2 N–H and O–H groups in total. The molecule has 0 saturated carbocycles. The Morgan fingerprint density at radius 2 is 1.79 bits per heavy atom. The molecule has 0 amide bonds. The van der Waals surface area contributed by atoms with E-state index in [4.69, 9.17) is 10.5 Å². The van der Waals surface area contributed by atoms with E-state index in [0.717, 1.165) is 38.1 Å². The summed E-state index contributed by atoms with van der Waals surface area (Å²) in [6.07, 6.45) is 21.8. The van der Waals surface area contributed by atoms with Gasteiger partial charge < -0.3 is 10.5 Å². The van der Waals surface area contributed by atoms with Crippen molar-refractivity contribution >= 4 is 0 Å². The van der Waals surface area contributed by atoms with E-state index in [0.29, 0.717) is 13.3 Å². The first-order valence-electron chi connectivity index (χ1n) is 10.9. The third kappa shape index (κ3) is 8.90. The fourth-order valence-electron chi connectivity index (χ4n) is 3.50. The van der Waals surface area contributed by atoms with Crippen LogP contribution in [0.15, 0.2) is 55.2 Å². The molecule has 0 unspecified atom stereocenters. The number of hydrogen-bond acceptors (Lipinski definition) is 3. The van der Waals surface area contributed by atoms with Crippen LogP contribution >= 0.6 is 0 Å². The van der Waals surface area contributed by atoms with E-state index in [1.54, 1.807) is 0 Å². The second kappa shape index (κ2) is 14.2. The highest BCUT2D eigenvalue weighted by molar-refractivity contribution is 5.38. The van der Waals surface area contributed by atoms with Gasteiger partial charge in [-0.05, 0) is 50.2 Å². The van der Waals surface area contributed by atoms with Crippen LogP contribution in [0.2, 0.25) is 0 Å². The van der Waals surface area contributed by atoms with Crippen LogP contribution in [0.25, 0.3) is 0 Å². The first kappa shape index (κ1) is 22.4. The van der Waals surface area contributed by atoms with Gasteiger partial charge in [0, 0.05) is 25.2 Å². The number of allylic oxidation sites excluding steroid dienone is 5. The number of benzene rings is 1. The van der Waals surface area contributed by atoms with Crippen molar-refractivity contribution in [2.24, 2.45) is 5.73 Å². The maximum Gasteiger partial charge on any atom is 0.142 e. The van der Waals surface area contributed by atoms with Gasteiger partial charge in [-0.25, -0.2) is 0 Å². The maximum atomic E-state index is 5.90. The van der Waals surface area contributed by atoms with Crippen LogP contribution in [-0.4, -0.2) is 24.7 Å². The molecular formula is C25H38N2O. The van der Waals surface area contributed by atoms with Crippen molar-refractivity contribution in [2.75, 3.05) is 19.8 Å². The molecule has 3 nitrogen and oxygen atoms in total.